The van der Waals surface area contributed by atoms with Crippen molar-refractivity contribution in [1.29, 1.82) is 0 Å². The maximum absolute atomic E-state index is 13.0. The van der Waals surface area contributed by atoms with Crippen LogP contribution in [0.5, 0.6) is 11.5 Å². The first-order valence-corrected chi connectivity index (χ1v) is 9.34. The molecule has 1 aromatic carbocycles. The highest BCUT2D eigenvalue weighted by Gasteiger charge is 2.32. The number of benzene rings is 1. The lowest BCUT2D eigenvalue weighted by Crippen LogP contribution is -2.51. The smallest absolute Gasteiger partial charge is 0.246 e. The minimum absolute atomic E-state index is 0.163. The van der Waals surface area contributed by atoms with Crippen molar-refractivity contribution in [2.75, 3.05) is 40.4 Å². The topological polar surface area (TPSA) is 59.1 Å². The van der Waals surface area contributed by atoms with Gasteiger partial charge < -0.3 is 9.47 Å². The van der Waals surface area contributed by atoms with Crippen molar-refractivity contribution in [3.63, 3.8) is 0 Å². The van der Waals surface area contributed by atoms with Gasteiger partial charge in [0, 0.05) is 38.3 Å². The highest BCUT2D eigenvalue weighted by molar-refractivity contribution is 7.89. The maximum atomic E-state index is 13.0. The summed E-state index contributed by atoms with van der Waals surface area (Å²) in [6.45, 7) is 6.81. The predicted octanol–water partition coefficient (Wildman–Crippen LogP) is 1.81. The molecule has 0 saturated carbocycles. The average molecular weight is 342 g/mol. The standard InChI is InChI=1S/C16H26N2O4S/c1-5-13(2)17-8-10-18(11-9-17)23(19,20)16-12-14(21-3)6-7-15(16)22-4/h6-7,12-13H,5,8-11H2,1-4H3. The fraction of sp³-hybridized carbons (Fsp3) is 0.625. The molecule has 130 valence electrons. The summed E-state index contributed by atoms with van der Waals surface area (Å²) >= 11 is 0. The van der Waals surface area contributed by atoms with Gasteiger partial charge in [-0.05, 0) is 25.5 Å². The number of methoxy groups -OCH3 is 2. The van der Waals surface area contributed by atoms with E-state index in [9.17, 15) is 8.42 Å². The average Bonchev–Trinajstić information content (AvgIpc) is 2.60. The zero-order valence-corrected chi connectivity index (χ0v) is 15.1. The van der Waals surface area contributed by atoms with Gasteiger partial charge in [-0.3, -0.25) is 4.90 Å². The second-order valence-corrected chi connectivity index (χ2v) is 7.62. The number of sulfonamides is 1. The Morgan fingerprint density at radius 3 is 2.30 bits per heavy atom. The zero-order valence-electron chi connectivity index (χ0n) is 14.3. The second-order valence-electron chi connectivity index (χ2n) is 5.71. The fourth-order valence-electron chi connectivity index (χ4n) is 2.77. The van der Waals surface area contributed by atoms with Gasteiger partial charge in [0.05, 0.1) is 14.2 Å². The van der Waals surface area contributed by atoms with E-state index in [1.165, 1.54) is 24.6 Å². The van der Waals surface area contributed by atoms with Crippen LogP contribution in [0, 0.1) is 0 Å². The third kappa shape index (κ3) is 3.79. The summed E-state index contributed by atoms with van der Waals surface area (Å²) in [4.78, 5) is 2.49. The molecule has 0 N–H and O–H groups in total. The first-order valence-electron chi connectivity index (χ1n) is 7.90. The molecule has 0 radical (unpaired) electrons. The van der Waals surface area contributed by atoms with Gasteiger partial charge in [-0.2, -0.15) is 4.31 Å². The zero-order chi connectivity index (χ0) is 17.0. The summed E-state index contributed by atoms with van der Waals surface area (Å²) in [6.07, 6.45) is 1.07. The van der Waals surface area contributed by atoms with Crippen LogP contribution in [-0.2, 0) is 10.0 Å². The molecule has 1 heterocycles. The Morgan fingerprint density at radius 1 is 1.13 bits per heavy atom. The summed E-state index contributed by atoms with van der Waals surface area (Å²) in [5, 5.41) is 0. The van der Waals surface area contributed by atoms with Gasteiger partial charge >= 0.3 is 0 Å². The Hall–Kier alpha value is -1.31. The van der Waals surface area contributed by atoms with Crippen LogP contribution in [0.15, 0.2) is 23.1 Å². The number of nitrogens with zero attached hydrogens (tertiary/aromatic N) is 2. The summed E-state index contributed by atoms with van der Waals surface area (Å²) in [5.41, 5.74) is 0. The fourth-order valence-corrected chi connectivity index (χ4v) is 4.36. The Labute approximate surface area is 139 Å². The van der Waals surface area contributed by atoms with E-state index in [4.69, 9.17) is 9.47 Å². The van der Waals surface area contributed by atoms with Crippen LogP contribution in [0.1, 0.15) is 20.3 Å². The van der Waals surface area contributed by atoms with Crippen LogP contribution in [0.4, 0.5) is 0 Å². The van der Waals surface area contributed by atoms with E-state index in [1.54, 1.807) is 12.1 Å². The molecule has 1 aliphatic heterocycles. The Bertz CT molecular complexity index is 625. The van der Waals surface area contributed by atoms with Crippen LogP contribution >= 0.6 is 0 Å². The van der Waals surface area contributed by atoms with E-state index in [-0.39, 0.29) is 4.90 Å². The van der Waals surface area contributed by atoms with Crippen LogP contribution in [0.3, 0.4) is 0 Å². The third-order valence-corrected chi connectivity index (χ3v) is 6.40. The highest BCUT2D eigenvalue weighted by Crippen LogP contribution is 2.31. The predicted molar refractivity (Wildman–Crippen MR) is 89.6 cm³/mol. The molecule has 7 heteroatoms. The lowest BCUT2D eigenvalue weighted by Gasteiger charge is -2.37. The molecule has 0 amide bonds. The van der Waals surface area contributed by atoms with Crippen molar-refractivity contribution in [2.24, 2.45) is 0 Å². The van der Waals surface area contributed by atoms with Crippen molar-refractivity contribution < 1.29 is 17.9 Å². The van der Waals surface area contributed by atoms with Crippen LogP contribution in [-0.4, -0.2) is 64.1 Å². The number of rotatable bonds is 6. The van der Waals surface area contributed by atoms with Crippen molar-refractivity contribution in [2.45, 2.75) is 31.2 Å². The van der Waals surface area contributed by atoms with Gasteiger partial charge in [0.15, 0.2) is 0 Å². The van der Waals surface area contributed by atoms with Gasteiger partial charge in [0.2, 0.25) is 10.0 Å². The maximum Gasteiger partial charge on any atom is 0.246 e. The first kappa shape index (κ1) is 18.0. The Morgan fingerprint density at radius 2 is 1.78 bits per heavy atom. The van der Waals surface area contributed by atoms with Crippen molar-refractivity contribution in [1.82, 2.24) is 9.21 Å². The van der Waals surface area contributed by atoms with Gasteiger partial charge in [0.25, 0.3) is 0 Å². The van der Waals surface area contributed by atoms with E-state index in [0.717, 1.165) is 19.5 Å². The van der Waals surface area contributed by atoms with E-state index in [1.807, 2.05) is 0 Å². The van der Waals surface area contributed by atoms with E-state index >= 15 is 0 Å². The molecule has 1 unspecified atom stereocenters. The molecule has 1 atom stereocenters. The first-order chi connectivity index (χ1) is 10.9. The monoisotopic (exact) mass is 342 g/mol. The molecular weight excluding hydrogens is 316 g/mol. The molecule has 1 fully saturated rings. The summed E-state index contributed by atoms with van der Waals surface area (Å²) in [5.74, 6) is 0.845. The third-order valence-electron chi connectivity index (χ3n) is 4.48. The van der Waals surface area contributed by atoms with Gasteiger partial charge in [0.1, 0.15) is 16.4 Å². The van der Waals surface area contributed by atoms with E-state index in [2.05, 4.69) is 18.7 Å². The molecule has 1 saturated heterocycles. The van der Waals surface area contributed by atoms with Crippen LogP contribution in [0.2, 0.25) is 0 Å². The summed E-state index contributed by atoms with van der Waals surface area (Å²) in [6, 6.07) is 5.32. The Balaban J connectivity index is 2.23. The van der Waals surface area contributed by atoms with Crippen molar-refractivity contribution >= 4 is 10.0 Å². The van der Waals surface area contributed by atoms with Crippen LogP contribution < -0.4 is 9.47 Å². The normalized spacial score (nSPS) is 18.6. The highest BCUT2D eigenvalue weighted by atomic mass is 32.2. The van der Waals surface area contributed by atoms with Gasteiger partial charge in [-0.25, -0.2) is 8.42 Å². The molecule has 6 nitrogen and oxygen atoms in total. The quantitative estimate of drug-likeness (QED) is 0.789. The minimum atomic E-state index is -3.59. The molecule has 0 aromatic heterocycles. The minimum Gasteiger partial charge on any atom is -0.497 e. The second kappa shape index (κ2) is 7.51. The number of ether oxygens (including phenoxy) is 2. The summed E-state index contributed by atoms with van der Waals surface area (Å²) in [7, 11) is -0.601. The lowest BCUT2D eigenvalue weighted by atomic mass is 10.2. The van der Waals surface area contributed by atoms with Crippen LogP contribution in [0.25, 0.3) is 0 Å². The Kier molecular flexibility index (Phi) is 5.89. The molecule has 1 aromatic rings. The number of piperazine rings is 1. The lowest BCUT2D eigenvalue weighted by molar-refractivity contribution is 0.142. The molecule has 2 rings (SSSR count). The molecule has 0 spiro atoms. The summed E-state index contributed by atoms with van der Waals surface area (Å²) < 4.78 is 37.8. The number of hydrogen-bond donors (Lipinski definition) is 0. The van der Waals surface area contributed by atoms with Crippen molar-refractivity contribution in [3.8, 4) is 11.5 Å². The molecule has 1 aliphatic rings. The SMILES string of the molecule is CCC(C)N1CCN(S(=O)(=O)c2cc(OC)ccc2OC)CC1. The molecular formula is C16H26N2O4S. The molecule has 0 aliphatic carbocycles. The largest absolute Gasteiger partial charge is 0.497 e. The molecule has 23 heavy (non-hydrogen) atoms. The van der Waals surface area contributed by atoms with Gasteiger partial charge in [-0.1, -0.05) is 6.92 Å². The number of hydrogen-bond acceptors (Lipinski definition) is 5. The van der Waals surface area contributed by atoms with E-state index < -0.39 is 10.0 Å². The van der Waals surface area contributed by atoms with E-state index in [0.29, 0.717) is 30.6 Å². The van der Waals surface area contributed by atoms with Crippen molar-refractivity contribution in [3.05, 3.63) is 18.2 Å². The molecule has 0 bridgehead atoms. The van der Waals surface area contributed by atoms with Gasteiger partial charge in [-0.15, -0.1) is 0 Å².